The summed E-state index contributed by atoms with van der Waals surface area (Å²) in [7, 11) is 0. The zero-order chi connectivity index (χ0) is 19.5. The maximum absolute atomic E-state index is 13.9. The van der Waals surface area contributed by atoms with Gasteiger partial charge in [-0.1, -0.05) is 56.1 Å². The number of aromatic nitrogens is 1. The minimum Gasteiger partial charge on any atom is -0.337 e. The first-order valence-corrected chi connectivity index (χ1v) is 8.54. The van der Waals surface area contributed by atoms with Crippen molar-refractivity contribution >= 4 is 35.1 Å². The Hall–Kier alpha value is -2.18. The lowest BCUT2D eigenvalue weighted by molar-refractivity contribution is 0.0963. The van der Waals surface area contributed by atoms with Gasteiger partial charge in [0.2, 0.25) is 0 Å². The Balaban J connectivity index is 2.21. The van der Waals surface area contributed by atoms with E-state index in [1.54, 1.807) is 6.07 Å². The summed E-state index contributed by atoms with van der Waals surface area (Å²) in [4.78, 5) is 28.1. The van der Waals surface area contributed by atoms with Gasteiger partial charge in [0.05, 0.1) is 16.3 Å². The third kappa shape index (κ3) is 5.16. The molecule has 26 heavy (non-hydrogen) atoms. The van der Waals surface area contributed by atoms with Gasteiger partial charge in [-0.3, -0.25) is 10.1 Å². The van der Waals surface area contributed by atoms with E-state index in [1.165, 1.54) is 24.3 Å². The minimum absolute atomic E-state index is 0.0414. The molecule has 0 aliphatic heterocycles. The highest BCUT2D eigenvalue weighted by Crippen LogP contribution is 2.31. The molecule has 138 valence electrons. The number of rotatable bonds is 3. The van der Waals surface area contributed by atoms with Gasteiger partial charge in [-0.2, -0.15) is 0 Å². The predicted octanol–water partition coefficient (Wildman–Crippen LogP) is 4.68. The highest BCUT2D eigenvalue weighted by atomic mass is 35.5. The van der Waals surface area contributed by atoms with Gasteiger partial charge in [0.25, 0.3) is 5.91 Å². The predicted molar refractivity (Wildman–Crippen MR) is 100.0 cm³/mol. The second kappa shape index (κ2) is 8.01. The Kier molecular flexibility index (Phi) is 6.21. The Bertz CT molecular complexity index is 851. The van der Waals surface area contributed by atoms with Crippen molar-refractivity contribution in [3.63, 3.8) is 0 Å². The number of halogens is 3. The molecule has 0 unspecified atom stereocenters. The van der Waals surface area contributed by atoms with Crippen molar-refractivity contribution in [3.05, 3.63) is 51.9 Å². The third-order valence-electron chi connectivity index (χ3n) is 3.31. The van der Waals surface area contributed by atoms with Crippen LogP contribution in [0.3, 0.4) is 0 Å². The van der Waals surface area contributed by atoms with E-state index < -0.39 is 17.8 Å². The van der Waals surface area contributed by atoms with E-state index in [0.717, 1.165) is 0 Å². The van der Waals surface area contributed by atoms with Crippen molar-refractivity contribution in [3.8, 4) is 11.3 Å². The summed E-state index contributed by atoms with van der Waals surface area (Å²) in [6, 6.07) is 6.53. The van der Waals surface area contributed by atoms with Gasteiger partial charge in [-0.25, -0.2) is 14.2 Å². The first-order chi connectivity index (χ1) is 12.1. The average Bonchev–Trinajstić information content (AvgIpc) is 2.54. The monoisotopic (exact) mass is 397 g/mol. The Morgan fingerprint density at radius 3 is 2.46 bits per heavy atom. The van der Waals surface area contributed by atoms with E-state index >= 15 is 0 Å². The normalized spacial score (nSPS) is 11.2. The van der Waals surface area contributed by atoms with Gasteiger partial charge in [0.1, 0.15) is 11.0 Å². The first kappa shape index (κ1) is 20.1. The van der Waals surface area contributed by atoms with Gasteiger partial charge in [-0.05, 0) is 23.6 Å². The number of carbonyl (C=O) groups excluding carboxylic acids is 2. The van der Waals surface area contributed by atoms with E-state index in [-0.39, 0.29) is 32.4 Å². The molecule has 0 spiro atoms. The van der Waals surface area contributed by atoms with Crippen molar-refractivity contribution in [2.45, 2.75) is 20.8 Å². The van der Waals surface area contributed by atoms with Crippen molar-refractivity contribution in [1.29, 1.82) is 0 Å². The molecule has 1 aromatic carbocycles. The SMILES string of the molecule is CC(C)(C)CNC(=O)NC(=O)c1cc(Cl)c(-c2ccccc2F)nc1Cl. The number of nitrogens with zero attached hydrogens (tertiary/aromatic N) is 1. The average molecular weight is 398 g/mol. The zero-order valence-corrected chi connectivity index (χ0v) is 16.0. The third-order valence-corrected chi connectivity index (χ3v) is 3.89. The number of urea groups is 1. The van der Waals surface area contributed by atoms with Crippen LogP contribution in [0.2, 0.25) is 10.2 Å². The van der Waals surface area contributed by atoms with Crippen LogP contribution in [0.4, 0.5) is 9.18 Å². The molecule has 8 heteroatoms. The van der Waals surface area contributed by atoms with Gasteiger partial charge in [0.15, 0.2) is 0 Å². The van der Waals surface area contributed by atoms with Crippen LogP contribution < -0.4 is 10.6 Å². The van der Waals surface area contributed by atoms with Crippen molar-refractivity contribution < 1.29 is 14.0 Å². The molecule has 3 amide bonds. The van der Waals surface area contributed by atoms with E-state index in [2.05, 4.69) is 15.6 Å². The molecular formula is C18H18Cl2FN3O2. The zero-order valence-electron chi connectivity index (χ0n) is 14.5. The summed E-state index contributed by atoms with van der Waals surface area (Å²) in [6.07, 6.45) is 0. The number of amides is 3. The molecule has 0 fully saturated rings. The van der Waals surface area contributed by atoms with Crippen LogP contribution in [0, 0.1) is 11.2 Å². The maximum Gasteiger partial charge on any atom is 0.321 e. The number of imide groups is 1. The lowest BCUT2D eigenvalue weighted by atomic mass is 9.97. The Morgan fingerprint density at radius 2 is 1.85 bits per heavy atom. The number of hydrogen-bond donors (Lipinski definition) is 2. The van der Waals surface area contributed by atoms with Crippen LogP contribution in [0.15, 0.2) is 30.3 Å². The van der Waals surface area contributed by atoms with E-state index in [1.807, 2.05) is 20.8 Å². The number of benzene rings is 1. The number of hydrogen-bond acceptors (Lipinski definition) is 3. The molecule has 0 radical (unpaired) electrons. The maximum atomic E-state index is 13.9. The Labute approximate surface area is 160 Å². The first-order valence-electron chi connectivity index (χ1n) is 7.78. The molecule has 0 bridgehead atoms. The molecule has 2 aromatic rings. The second-order valence-corrected chi connectivity index (χ2v) is 7.60. The summed E-state index contributed by atoms with van der Waals surface area (Å²) in [6.45, 7) is 6.20. The quantitative estimate of drug-likeness (QED) is 0.738. The summed E-state index contributed by atoms with van der Waals surface area (Å²) in [5, 5.41) is 4.60. The molecule has 0 saturated carbocycles. The Morgan fingerprint density at radius 1 is 1.19 bits per heavy atom. The van der Waals surface area contributed by atoms with Crippen LogP contribution in [-0.4, -0.2) is 23.5 Å². The largest absolute Gasteiger partial charge is 0.337 e. The molecule has 0 aliphatic carbocycles. The smallest absolute Gasteiger partial charge is 0.321 e. The fraction of sp³-hybridized carbons (Fsp3) is 0.278. The van der Waals surface area contributed by atoms with Gasteiger partial charge < -0.3 is 5.32 Å². The molecule has 0 atom stereocenters. The topological polar surface area (TPSA) is 71.1 Å². The summed E-state index contributed by atoms with van der Waals surface area (Å²) in [5.41, 5.74) is 0.0602. The highest BCUT2D eigenvalue weighted by molar-refractivity contribution is 6.36. The molecule has 0 aliphatic rings. The number of pyridine rings is 1. The van der Waals surface area contributed by atoms with Crippen molar-refractivity contribution in [1.82, 2.24) is 15.6 Å². The second-order valence-electron chi connectivity index (χ2n) is 6.83. The highest BCUT2D eigenvalue weighted by Gasteiger charge is 2.20. The van der Waals surface area contributed by atoms with Crippen LogP contribution >= 0.6 is 23.2 Å². The summed E-state index contributed by atoms with van der Waals surface area (Å²) < 4.78 is 13.9. The van der Waals surface area contributed by atoms with Gasteiger partial charge >= 0.3 is 6.03 Å². The number of carbonyl (C=O) groups is 2. The van der Waals surface area contributed by atoms with Crippen LogP contribution in [0.25, 0.3) is 11.3 Å². The fourth-order valence-corrected chi connectivity index (χ4v) is 2.51. The minimum atomic E-state index is -0.754. The molecule has 2 rings (SSSR count). The van der Waals surface area contributed by atoms with E-state index in [0.29, 0.717) is 6.54 Å². The van der Waals surface area contributed by atoms with Crippen LogP contribution in [0.5, 0.6) is 0 Å². The van der Waals surface area contributed by atoms with Crippen LogP contribution in [0.1, 0.15) is 31.1 Å². The molecule has 2 N–H and O–H groups in total. The van der Waals surface area contributed by atoms with Crippen LogP contribution in [-0.2, 0) is 0 Å². The molecule has 1 aromatic heterocycles. The van der Waals surface area contributed by atoms with Gasteiger partial charge in [-0.15, -0.1) is 0 Å². The fourth-order valence-electron chi connectivity index (χ4n) is 2.03. The van der Waals surface area contributed by atoms with Crippen molar-refractivity contribution in [2.24, 2.45) is 5.41 Å². The van der Waals surface area contributed by atoms with E-state index in [4.69, 9.17) is 23.2 Å². The van der Waals surface area contributed by atoms with Gasteiger partial charge in [0, 0.05) is 12.1 Å². The lowest BCUT2D eigenvalue weighted by Gasteiger charge is -2.18. The van der Waals surface area contributed by atoms with Crippen molar-refractivity contribution in [2.75, 3.05) is 6.54 Å². The lowest BCUT2D eigenvalue weighted by Crippen LogP contribution is -2.42. The summed E-state index contributed by atoms with van der Waals surface area (Å²) >= 11 is 12.2. The molecular weight excluding hydrogens is 380 g/mol. The molecule has 0 saturated heterocycles. The molecule has 5 nitrogen and oxygen atoms in total. The summed E-state index contributed by atoms with van der Waals surface area (Å²) in [5.74, 6) is -1.27. The number of nitrogens with one attached hydrogen (secondary N) is 2. The van der Waals surface area contributed by atoms with E-state index in [9.17, 15) is 14.0 Å². The molecule has 1 heterocycles. The standard InChI is InChI=1S/C18H18Cl2FN3O2/c1-18(2,3)9-22-17(26)24-16(25)11-8-12(19)14(23-15(11)20)10-6-4-5-7-13(10)21/h4-8H,9H2,1-3H3,(H2,22,24,25,26).